The van der Waals surface area contributed by atoms with Crippen molar-refractivity contribution in [1.82, 2.24) is 5.32 Å². The fourth-order valence-electron chi connectivity index (χ4n) is 1.96. The highest BCUT2D eigenvalue weighted by Crippen LogP contribution is 2.26. The molecule has 6 nitrogen and oxygen atoms in total. The van der Waals surface area contributed by atoms with E-state index in [1.807, 2.05) is 0 Å². The summed E-state index contributed by atoms with van der Waals surface area (Å²) in [6.45, 7) is -0.250. The molecule has 19 heavy (non-hydrogen) atoms. The average molecular weight is 267 g/mol. The molecule has 1 aromatic rings. The summed E-state index contributed by atoms with van der Waals surface area (Å²) in [5, 5.41) is 21.6. The molecule has 1 fully saturated rings. The molecule has 1 aromatic carbocycles. The molecule has 1 unspecified atom stereocenters. The summed E-state index contributed by atoms with van der Waals surface area (Å²) < 4.78 is 10.2. The number of hydrogen-bond donors (Lipinski definition) is 3. The Morgan fingerprint density at radius 3 is 2.84 bits per heavy atom. The van der Waals surface area contributed by atoms with Crippen LogP contribution in [-0.2, 0) is 9.47 Å². The van der Waals surface area contributed by atoms with Crippen LogP contribution in [-0.4, -0.2) is 48.7 Å². The second-order valence-electron chi connectivity index (χ2n) is 4.55. The van der Waals surface area contributed by atoms with Gasteiger partial charge in [0, 0.05) is 0 Å². The standard InChI is InChI=1S/C13H17NO5/c1-18-12(17)10-4-2-3-9(5-10)11-14-13(6-15,7-16)8-19-11/h2-5,11,14-16H,6-8H2,1H3. The fraction of sp³-hybridized carbons (Fsp3) is 0.462. The maximum atomic E-state index is 11.5. The second-order valence-corrected chi connectivity index (χ2v) is 4.55. The van der Waals surface area contributed by atoms with Crippen molar-refractivity contribution < 1.29 is 24.5 Å². The van der Waals surface area contributed by atoms with E-state index in [1.54, 1.807) is 24.3 Å². The van der Waals surface area contributed by atoms with Gasteiger partial charge in [-0.25, -0.2) is 4.79 Å². The van der Waals surface area contributed by atoms with Gasteiger partial charge in [0.15, 0.2) is 0 Å². The van der Waals surface area contributed by atoms with E-state index in [9.17, 15) is 15.0 Å². The Hall–Kier alpha value is -1.47. The molecular formula is C13H17NO5. The van der Waals surface area contributed by atoms with Crippen LogP contribution in [0.4, 0.5) is 0 Å². The Bertz CT molecular complexity index is 458. The first kappa shape index (κ1) is 14.0. The van der Waals surface area contributed by atoms with Crippen LogP contribution in [0, 0.1) is 0 Å². The first-order chi connectivity index (χ1) is 9.14. The molecule has 2 rings (SSSR count). The zero-order valence-corrected chi connectivity index (χ0v) is 10.6. The molecule has 0 aliphatic carbocycles. The number of nitrogens with one attached hydrogen (secondary N) is 1. The lowest BCUT2D eigenvalue weighted by molar-refractivity contribution is 0.0599. The van der Waals surface area contributed by atoms with Gasteiger partial charge in [0.1, 0.15) is 6.23 Å². The van der Waals surface area contributed by atoms with Crippen molar-refractivity contribution in [3.63, 3.8) is 0 Å². The van der Waals surface area contributed by atoms with Crippen LogP contribution in [0.3, 0.4) is 0 Å². The van der Waals surface area contributed by atoms with Gasteiger partial charge in [-0.15, -0.1) is 0 Å². The maximum absolute atomic E-state index is 11.5. The molecule has 0 spiro atoms. The fourth-order valence-corrected chi connectivity index (χ4v) is 1.96. The minimum Gasteiger partial charge on any atom is -0.465 e. The van der Waals surface area contributed by atoms with Gasteiger partial charge in [0.25, 0.3) is 0 Å². The lowest BCUT2D eigenvalue weighted by Crippen LogP contribution is -2.49. The molecule has 104 valence electrons. The van der Waals surface area contributed by atoms with E-state index in [1.165, 1.54) is 7.11 Å². The predicted molar refractivity (Wildman–Crippen MR) is 66.5 cm³/mol. The summed E-state index contributed by atoms with van der Waals surface area (Å²) in [5.74, 6) is -0.421. The maximum Gasteiger partial charge on any atom is 0.337 e. The van der Waals surface area contributed by atoms with Crippen LogP contribution in [0.5, 0.6) is 0 Å². The van der Waals surface area contributed by atoms with Gasteiger partial charge in [-0.05, 0) is 17.7 Å². The summed E-state index contributed by atoms with van der Waals surface area (Å²) in [6.07, 6.45) is -0.469. The van der Waals surface area contributed by atoms with E-state index < -0.39 is 17.7 Å². The van der Waals surface area contributed by atoms with Crippen LogP contribution in [0.1, 0.15) is 22.1 Å². The highest BCUT2D eigenvalue weighted by atomic mass is 16.5. The number of carbonyl (C=O) groups is 1. The van der Waals surface area contributed by atoms with E-state index in [-0.39, 0.29) is 19.8 Å². The summed E-state index contributed by atoms with van der Waals surface area (Å²) in [4.78, 5) is 11.5. The lowest BCUT2D eigenvalue weighted by Gasteiger charge is -2.23. The van der Waals surface area contributed by atoms with Crippen molar-refractivity contribution in [2.24, 2.45) is 0 Å². The third kappa shape index (κ3) is 2.76. The van der Waals surface area contributed by atoms with E-state index in [4.69, 9.17) is 4.74 Å². The number of hydrogen-bond acceptors (Lipinski definition) is 6. The zero-order valence-electron chi connectivity index (χ0n) is 10.6. The Balaban J connectivity index is 2.18. The van der Waals surface area contributed by atoms with Gasteiger partial charge in [0.2, 0.25) is 0 Å². The Morgan fingerprint density at radius 1 is 1.53 bits per heavy atom. The molecule has 0 saturated carbocycles. The summed E-state index contributed by atoms with van der Waals surface area (Å²) in [5.41, 5.74) is 0.328. The smallest absolute Gasteiger partial charge is 0.337 e. The molecule has 1 atom stereocenters. The lowest BCUT2D eigenvalue weighted by atomic mass is 10.0. The largest absolute Gasteiger partial charge is 0.465 e. The van der Waals surface area contributed by atoms with Crippen molar-refractivity contribution in [1.29, 1.82) is 0 Å². The van der Waals surface area contributed by atoms with Gasteiger partial charge in [-0.2, -0.15) is 0 Å². The van der Waals surface area contributed by atoms with E-state index in [2.05, 4.69) is 10.1 Å². The summed E-state index contributed by atoms with van der Waals surface area (Å²) in [6, 6.07) is 6.84. The van der Waals surface area contributed by atoms with Crippen molar-refractivity contribution in [2.75, 3.05) is 26.9 Å². The number of ether oxygens (including phenoxy) is 2. The molecule has 0 aromatic heterocycles. The third-order valence-corrected chi connectivity index (χ3v) is 3.18. The van der Waals surface area contributed by atoms with Gasteiger partial charge in [-0.3, -0.25) is 5.32 Å². The SMILES string of the molecule is COC(=O)c1cccc(C2NC(CO)(CO)CO2)c1. The molecule has 1 aliphatic rings. The minimum atomic E-state index is -0.841. The van der Waals surface area contributed by atoms with Crippen molar-refractivity contribution in [3.05, 3.63) is 35.4 Å². The Kier molecular flexibility index (Phi) is 4.16. The summed E-state index contributed by atoms with van der Waals surface area (Å²) >= 11 is 0. The first-order valence-electron chi connectivity index (χ1n) is 5.93. The monoisotopic (exact) mass is 267 g/mol. The molecule has 0 amide bonds. The molecule has 3 N–H and O–H groups in total. The quantitative estimate of drug-likeness (QED) is 0.656. The normalized spacial score (nSPS) is 21.3. The zero-order chi connectivity index (χ0) is 13.9. The van der Waals surface area contributed by atoms with E-state index in [0.29, 0.717) is 5.56 Å². The molecule has 1 saturated heterocycles. The first-order valence-corrected chi connectivity index (χ1v) is 5.93. The molecule has 1 aliphatic heterocycles. The average Bonchev–Trinajstić information content (AvgIpc) is 2.92. The van der Waals surface area contributed by atoms with Gasteiger partial charge >= 0.3 is 5.97 Å². The predicted octanol–water partition coefficient (Wildman–Crippen LogP) is -0.185. The number of methoxy groups -OCH3 is 1. The minimum absolute atomic E-state index is 0.202. The Labute approximate surface area is 111 Å². The highest BCUT2D eigenvalue weighted by Gasteiger charge is 2.39. The van der Waals surface area contributed by atoms with Crippen LogP contribution in [0.15, 0.2) is 24.3 Å². The number of esters is 1. The van der Waals surface area contributed by atoms with Gasteiger partial charge in [0.05, 0.1) is 38.0 Å². The van der Waals surface area contributed by atoms with Gasteiger partial charge in [-0.1, -0.05) is 12.1 Å². The van der Waals surface area contributed by atoms with Crippen LogP contribution >= 0.6 is 0 Å². The second kappa shape index (κ2) is 5.66. The number of rotatable bonds is 4. The van der Waals surface area contributed by atoms with E-state index >= 15 is 0 Å². The number of benzene rings is 1. The molecular weight excluding hydrogens is 250 g/mol. The molecule has 6 heteroatoms. The highest BCUT2D eigenvalue weighted by molar-refractivity contribution is 5.89. The number of carbonyl (C=O) groups excluding carboxylic acids is 1. The molecule has 1 heterocycles. The van der Waals surface area contributed by atoms with E-state index in [0.717, 1.165) is 5.56 Å². The van der Waals surface area contributed by atoms with Crippen LogP contribution in [0.25, 0.3) is 0 Å². The number of aliphatic hydroxyl groups is 2. The topological polar surface area (TPSA) is 88.0 Å². The Morgan fingerprint density at radius 2 is 2.26 bits per heavy atom. The van der Waals surface area contributed by atoms with Crippen molar-refractivity contribution >= 4 is 5.97 Å². The third-order valence-electron chi connectivity index (χ3n) is 3.18. The summed E-state index contributed by atoms with van der Waals surface area (Å²) in [7, 11) is 1.32. The molecule has 0 bridgehead atoms. The van der Waals surface area contributed by atoms with Crippen molar-refractivity contribution in [3.8, 4) is 0 Å². The van der Waals surface area contributed by atoms with Crippen LogP contribution < -0.4 is 5.32 Å². The van der Waals surface area contributed by atoms with Crippen molar-refractivity contribution in [2.45, 2.75) is 11.8 Å². The number of aliphatic hydroxyl groups excluding tert-OH is 2. The molecule has 0 radical (unpaired) electrons. The van der Waals surface area contributed by atoms with Gasteiger partial charge < -0.3 is 19.7 Å². The van der Waals surface area contributed by atoms with Crippen LogP contribution in [0.2, 0.25) is 0 Å².